The van der Waals surface area contributed by atoms with E-state index in [4.69, 9.17) is 16.6 Å². The van der Waals surface area contributed by atoms with Gasteiger partial charge in [-0.15, -0.1) is 11.3 Å². The number of carbonyl (C=O) groups excluding carboxylic acids is 1. The van der Waals surface area contributed by atoms with E-state index in [2.05, 4.69) is 23.4 Å². The standard InChI is InChI=1S/C29H24ClN3OS/c1-20(17-23-7-6-16-35-23)33(19-21-11-13-22(30)14-12-21)29(34)25-18-28(27-10-4-5-15-31-27)32-26-9-3-2-8-24(25)26/h2-16,18,20H,17,19H2,1H3/t20-/m1/s1. The predicted molar refractivity (Wildman–Crippen MR) is 144 cm³/mol. The van der Waals surface area contributed by atoms with Crippen molar-refractivity contribution in [1.29, 1.82) is 0 Å². The molecule has 0 unspecified atom stereocenters. The summed E-state index contributed by atoms with van der Waals surface area (Å²) >= 11 is 7.83. The molecular weight excluding hydrogens is 474 g/mol. The van der Waals surface area contributed by atoms with E-state index in [0.29, 0.717) is 22.8 Å². The number of benzene rings is 2. The van der Waals surface area contributed by atoms with Crippen LogP contribution in [0.2, 0.25) is 5.02 Å². The van der Waals surface area contributed by atoms with E-state index in [0.717, 1.165) is 28.6 Å². The number of rotatable bonds is 7. The van der Waals surface area contributed by atoms with Gasteiger partial charge in [0.05, 0.1) is 22.5 Å². The first-order valence-corrected chi connectivity index (χ1v) is 12.7. The number of pyridine rings is 2. The lowest BCUT2D eigenvalue weighted by Gasteiger charge is -2.30. The number of amides is 1. The lowest BCUT2D eigenvalue weighted by molar-refractivity contribution is 0.0678. The van der Waals surface area contributed by atoms with Crippen molar-refractivity contribution in [3.05, 3.63) is 118 Å². The van der Waals surface area contributed by atoms with Gasteiger partial charge in [-0.2, -0.15) is 0 Å². The molecule has 1 atom stereocenters. The minimum atomic E-state index is -0.0280. The minimum absolute atomic E-state index is 0.0120. The third-order valence-electron chi connectivity index (χ3n) is 6.01. The van der Waals surface area contributed by atoms with E-state index in [9.17, 15) is 4.79 Å². The number of hydrogen-bond acceptors (Lipinski definition) is 4. The highest BCUT2D eigenvalue weighted by Crippen LogP contribution is 2.27. The molecule has 0 fully saturated rings. The van der Waals surface area contributed by atoms with Crippen LogP contribution in [0.3, 0.4) is 0 Å². The highest BCUT2D eigenvalue weighted by molar-refractivity contribution is 7.09. The topological polar surface area (TPSA) is 46.1 Å². The molecule has 0 bridgehead atoms. The maximum atomic E-state index is 14.2. The van der Waals surface area contributed by atoms with Crippen LogP contribution in [-0.2, 0) is 13.0 Å². The Morgan fingerprint density at radius 1 is 0.971 bits per heavy atom. The van der Waals surface area contributed by atoms with E-state index in [-0.39, 0.29) is 11.9 Å². The van der Waals surface area contributed by atoms with E-state index >= 15 is 0 Å². The van der Waals surface area contributed by atoms with Gasteiger partial charge in [0.1, 0.15) is 0 Å². The molecule has 3 heterocycles. The summed E-state index contributed by atoms with van der Waals surface area (Å²) in [6, 6.07) is 27.2. The normalized spacial score (nSPS) is 11.9. The van der Waals surface area contributed by atoms with Crippen molar-refractivity contribution in [3.63, 3.8) is 0 Å². The van der Waals surface area contributed by atoms with Crippen molar-refractivity contribution >= 4 is 39.7 Å². The van der Waals surface area contributed by atoms with Crippen molar-refractivity contribution in [3.8, 4) is 11.4 Å². The Balaban J connectivity index is 1.58. The second kappa shape index (κ2) is 10.4. The summed E-state index contributed by atoms with van der Waals surface area (Å²) in [5.74, 6) is -0.0280. The molecule has 0 radical (unpaired) electrons. The van der Waals surface area contributed by atoms with Crippen LogP contribution in [0, 0.1) is 0 Å². The summed E-state index contributed by atoms with van der Waals surface area (Å²) in [5, 5.41) is 3.59. The summed E-state index contributed by atoms with van der Waals surface area (Å²) in [6.07, 6.45) is 2.52. The van der Waals surface area contributed by atoms with E-state index < -0.39 is 0 Å². The number of nitrogens with zero attached hydrogens (tertiary/aromatic N) is 3. The van der Waals surface area contributed by atoms with Crippen LogP contribution in [0.4, 0.5) is 0 Å². The van der Waals surface area contributed by atoms with Gasteiger partial charge < -0.3 is 4.90 Å². The highest BCUT2D eigenvalue weighted by Gasteiger charge is 2.25. The van der Waals surface area contributed by atoms with Crippen LogP contribution < -0.4 is 0 Å². The smallest absolute Gasteiger partial charge is 0.255 e. The molecule has 5 aromatic rings. The van der Waals surface area contributed by atoms with E-state index in [1.165, 1.54) is 4.88 Å². The Labute approximate surface area is 213 Å². The van der Waals surface area contributed by atoms with E-state index in [1.54, 1.807) is 17.5 Å². The summed E-state index contributed by atoms with van der Waals surface area (Å²) in [6.45, 7) is 2.59. The average molecular weight is 498 g/mol. The fourth-order valence-electron chi connectivity index (χ4n) is 4.20. The molecule has 0 aliphatic carbocycles. The van der Waals surface area contributed by atoms with Gasteiger partial charge in [0.2, 0.25) is 0 Å². The fourth-order valence-corrected chi connectivity index (χ4v) is 5.15. The van der Waals surface area contributed by atoms with Crippen molar-refractivity contribution < 1.29 is 4.79 Å². The van der Waals surface area contributed by atoms with Crippen molar-refractivity contribution in [2.45, 2.75) is 25.9 Å². The van der Waals surface area contributed by atoms with Gasteiger partial charge in [0.25, 0.3) is 5.91 Å². The molecule has 3 aromatic heterocycles. The van der Waals surface area contributed by atoms with Gasteiger partial charge in [0, 0.05) is 40.5 Å². The molecule has 0 saturated heterocycles. The lowest BCUT2D eigenvalue weighted by Crippen LogP contribution is -2.39. The first-order chi connectivity index (χ1) is 17.1. The summed E-state index contributed by atoms with van der Waals surface area (Å²) in [4.78, 5) is 26.7. The molecule has 4 nitrogen and oxygen atoms in total. The van der Waals surface area contributed by atoms with Crippen LogP contribution in [0.25, 0.3) is 22.3 Å². The van der Waals surface area contributed by atoms with Gasteiger partial charge in [-0.1, -0.05) is 54.1 Å². The lowest BCUT2D eigenvalue weighted by atomic mass is 10.0. The van der Waals surface area contributed by atoms with Gasteiger partial charge >= 0.3 is 0 Å². The van der Waals surface area contributed by atoms with Crippen LogP contribution in [0.15, 0.2) is 96.5 Å². The van der Waals surface area contributed by atoms with Crippen molar-refractivity contribution in [2.75, 3.05) is 0 Å². The van der Waals surface area contributed by atoms with Gasteiger partial charge in [-0.25, -0.2) is 4.98 Å². The molecule has 0 aliphatic rings. The monoisotopic (exact) mass is 497 g/mol. The number of para-hydroxylation sites is 1. The van der Waals surface area contributed by atoms with Gasteiger partial charge in [0.15, 0.2) is 0 Å². The van der Waals surface area contributed by atoms with Crippen LogP contribution in [0.5, 0.6) is 0 Å². The summed E-state index contributed by atoms with van der Waals surface area (Å²) in [5.41, 5.74) is 3.86. The first-order valence-electron chi connectivity index (χ1n) is 11.5. The molecule has 0 aliphatic heterocycles. The molecule has 1 amide bonds. The summed E-state index contributed by atoms with van der Waals surface area (Å²) < 4.78 is 0. The number of hydrogen-bond donors (Lipinski definition) is 0. The second-order valence-electron chi connectivity index (χ2n) is 8.48. The molecule has 6 heteroatoms. The Hall–Kier alpha value is -3.54. The minimum Gasteiger partial charge on any atom is -0.331 e. The van der Waals surface area contributed by atoms with Crippen LogP contribution in [-0.4, -0.2) is 26.8 Å². The molecular formula is C29H24ClN3OS. The molecule has 0 spiro atoms. The van der Waals surface area contributed by atoms with Crippen LogP contribution >= 0.6 is 22.9 Å². The number of carbonyl (C=O) groups is 1. The molecule has 35 heavy (non-hydrogen) atoms. The zero-order valence-electron chi connectivity index (χ0n) is 19.3. The van der Waals surface area contributed by atoms with Gasteiger partial charge in [-0.3, -0.25) is 9.78 Å². The SMILES string of the molecule is C[C@H](Cc1cccs1)N(Cc1ccc(Cl)cc1)C(=O)c1cc(-c2ccccn2)nc2ccccc12. The predicted octanol–water partition coefficient (Wildman–Crippen LogP) is 7.29. The fraction of sp³-hybridized carbons (Fsp3) is 0.138. The zero-order valence-corrected chi connectivity index (χ0v) is 20.8. The number of thiophene rings is 1. The maximum absolute atomic E-state index is 14.2. The molecule has 174 valence electrons. The average Bonchev–Trinajstić information content (AvgIpc) is 3.41. The Kier molecular flexibility index (Phi) is 6.89. The molecule has 5 rings (SSSR count). The first kappa shape index (κ1) is 23.2. The van der Waals surface area contributed by atoms with Crippen LogP contribution in [0.1, 0.15) is 27.7 Å². The number of halogens is 1. The Morgan fingerprint density at radius 3 is 2.51 bits per heavy atom. The molecule has 2 aromatic carbocycles. The third kappa shape index (κ3) is 5.26. The second-order valence-corrected chi connectivity index (χ2v) is 9.95. The number of aromatic nitrogens is 2. The molecule has 0 N–H and O–H groups in total. The number of fused-ring (bicyclic) bond motifs is 1. The molecule has 0 saturated carbocycles. The van der Waals surface area contributed by atoms with E-state index in [1.807, 2.05) is 83.8 Å². The van der Waals surface area contributed by atoms with Crippen molar-refractivity contribution in [2.24, 2.45) is 0 Å². The highest BCUT2D eigenvalue weighted by atomic mass is 35.5. The Bertz CT molecular complexity index is 1440. The largest absolute Gasteiger partial charge is 0.331 e. The van der Waals surface area contributed by atoms with Crippen molar-refractivity contribution in [1.82, 2.24) is 14.9 Å². The maximum Gasteiger partial charge on any atom is 0.255 e. The third-order valence-corrected chi connectivity index (χ3v) is 7.16. The quantitative estimate of drug-likeness (QED) is 0.237. The zero-order chi connectivity index (χ0) is 24.2. The van der Waals surface area contributed by atoms with Gasteiger partial charge in [-0.05, 0) is 60.3 Å². The Morgan fingerprint density at radius 2 is 1.77 bits per heavy atom. The summed E-state index contributed by atoms with van der Waals surface area (Å²) in [7, 11) is 0.